The van der Waals surface area contributed by atoms with Crippen LogP contribution in [0.25, 0.3) is 10.4 Å². The molecule has 0 saturated carbocycles. The van der Waals surface area contributed by atoms with Crippen LogP contribution in [0.4, 0.5) is 4.79 Å². The van der Waals surface area contributed by atoms with Crippen LogP contribution in [0.3, 0.4) is 0 Å². The van der Waals surface area contributed by atoms with Gasteiger partial charge in [0.05, 0.1) is 0 Å². The van der Waals surface area contributed by atoms with E-state index in [-0.39, 0.29) is 19.0 Å². The third-order valence-corrected chi connectivity index (χ3v) is 2.19. The second kappa shape index (κ2) is 5.07. The fourth-order valence-corrected chi connectivity index (χ4v) is 1.53. The van der Waals surface area contributed by atoms with Crippen molar-refractivity contribution in [2.45, 2.75) is 45.2 Å². The number of amides is 1. The van der Waals surface area contributed by atoms with E-state index in [2.05, 4.69) is 10.0 Å². The molecule has 0 bridgehead atoms. The van der Waals surface area contributed by atoms with Gasteiger partial charge < -0.3 is 9.64 Å². The average Bonchev–Trinajstić information content (AvgIpc) is 2.54. The van der Waals surface area contributed by atoms with Gasteiger partial charge in [-0.1, -0.05) is 5.11 Å². The largest absolute Gasteiger partial charge is 0.444 e. The first-order valence-corrected chi connectivity index (χ1v) is 5.26. The first-order valence-electron chi connectivity index (χ1n) is 5.84. The molecule has 1 aliphatic heterocycles. The standard InChI is InChI=1S/C10H18N4O2/c1-10(2,3)16-9(15)14-6-4-5-8(14)7-12-13-11/h8H,4-7H2,1-3H3/t8-/m1/s1/i4T/t4-,8+/m0. The zero-order valence-electron chi connectivity index (χ0n) is 10.9. The normalized spacial score (nSPS) is 25.9. The molecule has 0 spiro atoms. The summed E-state index contributed by atoms with van der Waals surface area (Å²) in [5.41, 5.74) is 7.73. The minimum absolute atomic E-state index is 0.200. The lowest BCUT2D eigenvalue weighted by molar-refractivity contribution is 0.0232. The van der Waals surface area contributed by atoms with E-state index in [1.165, 1.54) is 4.90 Å². The topological polar surface area (TPSA) is 78.3 Å². The van der Waals surface area contributed by atoms with Crippen LogP contribution >= 0.6 is 0 Å². The van der Waals surface area contributed by atoms with Crippen molar-refractivity contribution in [3.63, 3.8) is 0 Å². The van der Waals surface area contributed by atoms with Crippen molar-refractivity contribution in [1.29, 1.82) is 0 Å². The summed E-state index contributed by atoms with van der Waals surface area (Å²) in [7, 11) is 0. The number of ether oxygens (including phenoxy) is 1. The van der Waals surface area contributed by atoms with E-state index in [9.17, 15) is 4.79 Å². The smallest absolute Gasteiger partial charge is 0.410 e. The Morgan fingerprint density at radius 1 is 1.75 bits per heavy atom. The van der Waals surface area contributed by atoms with Gasteiger partial charge in [0.2, 0.25) is 0 Å². The molecule has 0 radical (unpaired) electrons. The van der Waals surface area contributed by atoms with Gasteiger partial charge in [-0.05, 0) is 39.1 Å². The predicted octanol–water partition coefficient (Wildman–Crippen LogP) is 2.70. The maximum atomic E-state index is 11.9. The Morgan fingerprint density at radius 3 is 3.00 bits per heavy atom. The summed E-state index contributed by atoms with van der Waals surface area (Å²) in [4.78, 5) is 16.0. The molecule has 1 fully saturated rings. The van der Waals surface area contributed by atoms with E-state index in [1.807, 2.05) is 0 Å². The Balaban J connectivity index is 2.66. The number of hydrogen-bond donors (Lipinski definition) is 0. The van der Waals surface area contributed by atoms with Gasteiger partial charge in [0.1, 0.15) is 5.60 Å². The summed E-state index contributed by atoms with van der Waals surface area (Å²) in [6, 6.07) is -0.219. The summed E-state index contributed by atoms with van der Waals surface area (Å²) in [6.45, 7) is 5.91. The van der Waals surface area contributed by atoms with Gasteiger partial charge in [-0.3, -0.25) is 0 Å². The Bertz CT molecular complexity index is 336. The van der Waals surface area contributed by atoms with E-state index in [1.54, 1.807) is 20.8 Å². The molecule has 1 rings (SSSR count). The first-order chi connectivity index (χ1) is 7.83. The number of carbonyl (C=O) groups excluding carboxylic acids is 1. The van der Waals surface area contributed by atoms with Crippen LogP contribution in [0.5, 0.6) is 0 Å². The Hall–Kier alpha value is -1.42. The summed E-state index contributed by atoms with van der Waals surface area (Å²) < 4.78 is 12.9. The van der Waals surface area contributed by atoms with Crippen LogP contribution in [0, 0.1) is 0 Å². The molecule has 0 aromatic carbocycles. The zero-order chi connectivity index (χ0) is 13.1. The van der Waals surface area contributed by atoms with Crippen molar-refractivity contribution >= 4 is 6.09 Å². The first kappa shape index (κ1) is 11.1. The predicted molar refractivity (Wildman–Crippen MR) is 60.0 cm³/mol. The van der Waals surface area contributed by atoms with Crippen LogP contribution in [0.1, 0.15) is 35.0 Å². The fraction of sp³-hybridized carbons (Fsp3) is 0.900. The molecule has 2 atom stereocenters. The highest BCUT2D eigenvalue weighted by Gasteiger charge is 2.31. The molecule has 0 N–H and O–H groups in total. The third kappa shape index (κ3) is 3.62. The Morgan fingerprint density at radius 2 is 2.44 bits per heavy atom. The summed E-state index contributed by atoms with van der Waals surface area (Å²) in [5.74, 6) is 0. The molecule has 0 aromatic heterocycles. The van der Waals surface area contributed by atoms with Crippen LogP contribution in [-0.4, -0.2) is 35.7 Å². The van der Waals surface area contributed by atoms with E-state index >= 15 is 0 Å². The minimum Gasteiger partial charge on any atom is -0.444 e. The molecular formula is C10H18N4O2. The average molecular weight is 228 g/mol. The quantitative estimate of drug-likeness (QED) is 0.414. The van der Waals surface area contributed by atoms with Gasteiger partial charge in [-0.15, -0.1) is 0 Å². The molecule has 1 saturated heterocycles. The van der Waals surface area contributed by atoms with Gasteiger partial charge in [0.15, 0.2) is 0 Å². The number of nitrogens with zero attached hydrogens (tertiary/aromatic N) is 4. The van der Waals surface area contributed by atoms with Crippen molar-refractivity contribution in [1.82, 2.24) is 4.90 Å². The molecule has 6 nitrogen and oxygen atoms in total. The summed E-state index contributed by atoms with van der Waals surface area (Å²) >= 11 is 0. The molecule has 90 valence electrons. The lowest BCUT2D eigenvalue weighted by Crippen LogP contribution is -2.40. The number of rotatable bonds is 2. The van der Waals surface area contributed by atoms with Crippen LogP contribution in [0.2, 0.25) is 0 Å². The molecular weight excluding hydrogens is 208 g/mol. The third-order valence-electron chi connectivity index (χ3n) is 2.19. The molecule has 0 aromatic rings. The molecule has 1 amide bonds. The molecule has 6 heteroatoms. The number of carbonyl (C=O) groups is 1. The highest BCUT2D eigenvalue weighted by Crippen LogP contribution is 2.20. The van der Waals surface area contributed by atoms with Gasteiger partial charge in [0.25, 0.3) is 0 Å². The van der Waals surface area contributed by atoms with E-state index < -0.39 is 11.7 Å². The molecule has 1 heterocycles. The molecule has 1 aliphatic rings. The molecule has 16 heavy (non-hydrogen) atoms. The van der Waals surface area contributed by atoms with Crippen LogP contribution < -0.4 is 0 Å². The summed E-state index contributed by atoms with van der Waals surface area (Å²) in [6.07, 6.45) is -0.245. The maximum Gasteiger partial charge on any atom is 0.410 e. The van der Waals surface area contributed by atoms with Gasteiger partial charge in [0, 0.05) is 25.4 Å². The molecule has 0 unspecified atom stereocenters. The summed E-state index contributed by atoms with van der Waals surface area (Å²) in [5, 5.41) is 3.47. The Labute approximate surface area is 96.6 Å². The monoisotopic (exact) mass is 228 g/mol. The van der Waals surface area contributed by atoms with E-state index in [4.69, 9.17) is 11.6 Å². The minimum atomic E-state index is -0.555. The highest BCUT2D eigenvalue weighted by atomic mass is 16.6. The SMILES string of the molecule is [3H][C@H]1C[C@H](CN=[N+]=[N-])N(C(=O)OC(C)(C)C)C1. The van der Waals surface area contributed by atoms with Gasteiger partial charge in [-0.25, -0.2) is 4.79 Å². The van der Waals surface area contributed by atoms with Crippen molar-refractivity contribution in [2.75, 3.05) is 13.1 Å². The van der Waals surface area contributed by atoms with Gasteiger partial charge in [-0.2, -0.15) is 0 Å². The van der Waals surface area contributed by atoms with Gasteiger partial charge >= 0.3 is 6.09 Å². The van der Waals surface area contributed by atoms with E-state index in [0.717, 1.165) is 0 Å². The number of hydrogen-bond acceptors (Lipinski definition) is 3. The molecule has 0 aliphatic carbocycles. The van der Waals surface area contributed by atoms with Crippen molar-refractivity contribution in [3.05, 3.63) is 10.4 Å². The lowest BCUT2D eigenvalue weighted by Gasteiger charge is -2.27. The van der Waals surface area contributed by atoms with Crippen LogP contribution in [-0.2, 0) is 4.74 Å². The number of likely N-dealkylation sites (tertiary alicyclic amines) is 1. The van der Waals surface area contributed by atoms with Crippen molar-refractivity contribution in [2.24, 2.45) is 5.11 Å². The van der Waals surface area contributed by atoms with Crippen molar-refractivity contribution < 1.29 is 10.9 Å². The fourth-order valence-electron chi connectivity index (χ4n) is 1.53. The zero-order valence-corrected chi connectivity index (χ0v) is 9.88. The number of azide groups is 1. The maximum absolute atomic E-state index is 11.9. The van der Waals surface area contributed by atoms with Crippen LogP contribution in [0.15, 0.2) is 5.11 Å². The Kier molecular flexibility index (Phi) is 3.51. The second-order valence-electron chi connectivity index (χ2n) is 4.72. The lowest BCUT2D eigenvalue weighted by atomic mass is 10.2. The second-order valence-corrected chi connectivity index (χ2v) is 4.72. The highest BCUT2D eigenvalue weighted by molar-refractivity contribution is 5.69. The van der Waals surface area contributed by atoms with Crippen molar-refractivity contribution in [3.8, 4) is 0 Å². The van der Waals surface area contributed by atoms with E-state index in [0.29, 0.717) is 13.0 Å².